The van der Waals surface area contributed by atoms with Gasteiger partial charge >= 0.3 is 0 Å². The van der Waals surface area contributed by atoms with Crippen LogP contribution in [0.15, 0.2) is 30.5 Å². The monoisotopic (exact) mass is 240 g/mol. The van der Waals surface area contributed by atoms with Gasteiger partial charge in [-0.25, -0.2) is 9.67 Å². The first-order chi connectivity index (χ1) is 8.83. The maximum Gasteiger partial charge on any atom is 0.155 e. The summed E-state index contributed by atoms with van der Waals surface area (Å²) in [4.78, 5) is 4.44. The lowest BCUT2D eigenvalue weighted by atomic mass is 9.98. The second kappa shape index (κ2) is 4.72. The van der Waals surface area contributed by atoms with Gasteiger partial charge in [0.1, 0.15) is 5.69 Å². The Hall–Kier alpha value is -1.97. The number of aromatic nitrogens is 4. The molecule has 0 saturated heterocycles. The third-order valence-electron chi connectivity index (χ3n) is 3.22. The van der Waals surface area contributed by atoms with E-state index in [1.54, 1.807) is 4.68 Å². The molecule has 0 aromatic carbocycles. The van der Waals surface area contributed by atoms with Crippen LogP contribution < -0.4 is 0 Å². The number of pyridine rings is 1. The molecule has 0 radical (unpaired) electrons. The molecule has 4 heteroatoms. The molecule has 92 valence electrons. The molecule has 4 nitrogen and oxygen atoms in total. The normalized spacial score (nSPS) is 15.5. The largest absolute Gasteiger partial charge is 0.234 e. The molecule has 18 heavy (non-hydrogen) atoms. The number of hydrogen-bond donors (Lipinski definition) is 0. The van der Waals surface area contributed by atoms with E-state index < -0.39 is 0 Å². The van der Waals surface area contributed by atoms with E-state index >= 15 is 0 Å². The highest BCUT2D eigenvalue weighted by atomic mass is 15.4. The van der Waals surface area contributed by atoms with Crippen LogP contribution in [-0.4, -0.2) is 20.0 Å². The standard InChI is InChI=1S/C14H16N4/c1-11-6-5-9-14(15-11)18-10-13(16-17-18)12-7-3-2-4-8-12/h5-7,9-10H,2-4,8H2,1H3. The topological polar surface area (TPSA) is 43.6 Å². The molecule has 2 aromatic rings. The molecule has 2 aromatic heterocycles. The smallest absolute Gasteiger partial charge is 0.155 e. The van der Waals surface area contributed by atoms with Crippen molar-refractivity contribution in [3.8, 4) is 5.82 Å². The number of nitrogens with zero attached hydrogens (tertiary/aromatic N) is 4. The van der Waals surface area contributed by atoms with Crippen LogP contribution in [0.5, 0.6) is 0 Å². The Labute approximate surface area is 106 Å². The summed E-state index contributed by atoms with van der Waals surface area (Å²) in [6.45, 7) is 1.98. The summed E-state index contributed by atoms with van der Waals surface area (Å²) in [7, 11) is 0. The number of rotatable bonds is 2. The third-order valence-corrected chi connectivity index (χ3v) is 3.22. The minimum atomic E-state index is 0.824. The van der Waals surface area contributed by atoms with Crippen LogP contribution in [0, 0.1) is 6.92 Å². The zero-order chi connectivity index (χ0) is 12.4. The lowest BCUT2D eigenvalue weighted by molar-refractivity contribution is 0.738. The second-order valence-corrected chi connectivity index (χ2v) is 4.66. The molecular weight excluding hydrogens is 224 g/mol. The van der Waals surface area contributed by atoms with Crippen LogP contribution in [0.1, 0.15) is 37.1 Å². The minimum absolute atomic E-state index is 0.824. The zero-order valence-corrected chi connectivity index (χ0v) is 10.5. The SMILES string of the molecule is Cc1cccc(-n2cc(C3=CCCCC3)nn2)n1. The Morgan fingerprint density at radius 1 is 1.22 bits per heavy atom. The lowest BCUT2D eigenvalue weighted by Crippen LogP contribution is -1.98. The fourth-order valence-corrected chi connectivity index (χ4v) is 2.25. The predicted molar refractivity (Wildman–Crippen MR) is 70.3 cm³/mol. The molecule has 1 aliphatic carbocycles. The van der Waals surface area contributed by atoms with E-state index in [0.29, 0.717) is 0 Å². The highest BCUT2D eigenvalue weighted by Crippen LogP contribution is 2.25. The molecule has 0 aliphatic heterocycles. The molecule has 2 heterocycles. The Kier molecular flexibility index (Phi) is 2.92. The molecular formula is C14H16N4. The highest BCUT2D eigenvalue weighted by molar-refractivity contribution is 5.62. The molecule has 0 bridgehead atoms. The molecule has 0 unspecified atom stereocenters. The number of aryl methyl sites for hydroxylation is 1. The Morgan fingerprint density at radius 3 is 2.94 bits per heavy atom. The van der Waals surface area contributed by atoms with Crippen molar-refractivity contribution in [2.75, 3.05) is 0 Å². The van der Waals surface area contributed by atoms with Gasteiger partial charge in [0.2, 0.25) is 0 Å². The summed E-state index contributed by atoms with van der Waals surface area (Å²) in [5.41, 5.74) is 3.29. The lowest BCUT2D eigenvalue weighted by Gasteiger charge is -2.08. The maximum atomic E-state index is 4.44. The zero-order valence-electron chi connectivity index (χ0n) is 10.5. The van der Waals surface area contributed by atoms with Gasteiger partial charge in [-0.05, 0) is 50.3 Å². The minimum Gasteiger partial charge on any atom is -0.234 e. The van der Waals surface area contributed by atoms with Crippen molar-refractivity contribution in [3.05, 3.63) is 41.9 Å². The van der Waals surface area contributed by atoms with Crippen LogP contribution in [0.4, 0.5) is 0 Å². The van der Waals surface area contributed by atoms with Crippen molar-refractivity contribution in [2.24, 2.45) is 0 Å². The van der Waals surface area contributed by atoms with E-state index in [2.05, 4.69) is 21.4 Å². The first-order valence-corrected chi connectivity index (χ1v) is 6.39. The Balaban J connectivity index is 1.91. The van der Waals surface area contributed by atoms with Crippen LogP contribution in [0.3, 0.4) is 0 Å². The molecule has 0 spiro atoms. The third kappa shape index (κ3) is 2.18. The van der Waals surface area contributed by atoms with Crippen molar-refractivity contribution in [1.82, 2.24) is 20.0 Å². The van der Waals surface area contributed by atoms with Crippen molar-refractivity contribution >= 4 is 5.57 Å². The van der Waals surface area contributed by atoms with E-state index in [-0.39, 0.29) is 0 Å². The van der Waals surface area contributed by atoms with Crippen molar-refractivity contribution in [1.29, 1.82) is 0 Å². The Bertz CT molecular complexity index is 583. The average molecular weight is 240 g/mol. The molecule has 0 saturated carbocycles. The number of hydrogen-bond acceptors (Lipinski definition) is 3. The summed E-state index contributed by atoms with van der Waals surface area (Å²) < 4.78 is 1.75. The van der Waals surface area contributed by atoms with Gasteiger partial charge in [-0.2, -0.15) is 0 Å². The van der Waals surface area contributed by atoms with Gasteiger partial charge in [0.25, 0.3) is 0 Å². The molecule has 1 aliphatic rings. The van der Waals surface area contributed by atoms with Gasteiger partial charge in [0.05, 0.1) is 6.20 Å². The van der Waals surface area contributed by atoms with Crippen molar-refractivity contribution < 1.29 is 0 Å². The van der Waals surface area contributed by atoms with E-state index in [4.69, 9.17) is 0 Å². The number of allylic oxidation sites excluding steroid dienone is 2. The van der Waals surface area contributed by atoms with E-state index in [0.717, 1.165) is 30.0 Å². The molecule has 0 fully saturated rings. The Morgan fingerprint density at radius 2 is 2.17 bits per heavy atom. The summed E-state index contributed by atoms with van der Waals surface area (Å²) in [6.07, 6.45) is 9.06. The summed E-state index contributed by atoms with van der Waals surface area (Å²) in [6, 6.07) is 5.91. The van der Waals surface area contributed by atoms with E-state index in [1.807, 2.05) is 31.3 Å². The van der Waals surface area contributed by atoms with Gasteiger partial charge in [-0.15, -0.1) is 5.10 Å². The van der Waals surface area contributed by atoms with Crippen LogP contribution >= 0.6 is 0 Å². The van der Waals surface area contributed by atoms with Crippen molar-refractivity contribution in [2.45, 2.75) is 32.6 Å². The first kappa shape index (κ1) is 11.1. The predicted octanol–water partition coefficient (Wildman–Crippen LogP) is 2.93. The molecule has 0 atom stereocenters. The quantitative estimate of drug-likeness (QED) is 0.810. The van der Waals surface area contributed by atoms with E-state index in [1.165, 1.54) is 18.4 Å². The van der Waals surface area contributed by atoms with Gasteiger partial charge in [0.15, 0.2) is 5.82 Å². The van der Waals surface area contributed by atoms with E-state index in [9.17, 15) is 0 Å². The van der Waals surface area contributed by atoms with Gasteiger partial charge in [-0.3, -0.25) is 0 Å². The second-order valence-electron chi connectivity index (χ2n) is 4.66. The summed E-state index contributed by atoms with van der Waals surface area (Å²) in [5.74, 6) is 0.824. The van der Waals surface area contributed by atoms with Gasteiger partial charge in [-0.1, -0.05) is 17.4 Å². The molecule has 0 N–H and O–H groups in total. The van der Waals surface area contributed by atoms with Crippen LogP contribution in [0.25, 0.3) is 11.4 Å². The fourth-order valence-electron chi connectivity index (χ4n) is 2.25. The molecule has 3 rings (SSSR count). The summed E-state index contributed by atoms with van der Waals surface area (Å²) >= 11 is 0. The first-order valence-electron chi connectivity index (χ1n) is 6.39. The maximum absolute atomic E-state index is 4.44. The average Bonchev–Trinajstić information content (AvgIpc) is 2.89. The fraction of sp³-hybridized carbons (Fsp3) is 0.357. The molecule has 0 amide bonds. The summed E-state index contributed by atoms with van der Waals surface area (Å²) in [5, 5.41) is 8.42. The van der Waals surface area contributed by atoms with Crippen molar-refractivity contribution in [3.63, 3.8) is 0 Å². The highest BCUT2D eigenvalue weighted by Gasteiger charge is 2.11. The van der Waals surface area contributed by atoms with Crippen LogP contribution in [-0.2, 0) is 0 Å². The van der Waals surface area contributed by atoms with Crippen LogP contribution in [0.2, 0.25) is 0 Å². The van der Waals surface area contributed by atoms with Gasteiger partial charge < -0.3 is 0 Å². The van der Waals surface area contributed by atoms with Gasteiger partial charge in [0, 0.05) is 5.69 Å².